The van der Waals surface area contributed by atoms with Crippen LogP contribution in [0.2, 0.25) is 0 Å². The Kier molecular flexibility index (Phi) is 8.29. The van der Waals surface area contributed by atoms with E-state index in [1.54, 1.807) is 16.3 Å². The van der Waals surface area contributed by atoms with E-state index in [9.17, 15) is 9.59 Å². The van der Waals surface area contributed by atoms with E-state index in [0.29, 0.717) is 27.0 Å². The van der Waals surface area contributed by atoms with Gasteiger partial charge in [-0.1, -0.05) is 107 Å². The van der Waals surface area contributed by atoms with Gasteiger partial charge >= 0.3 is 5.97 Å². The number of nitrogens with zero attached hydrogens (tertiary/aromatic N) is 2. The van der Waals surface area contributed by atoms with E-state index in [2.05, 4.69) is 64.5 Å². The van der Waals surface area contributed by atoms with E-state index in [0.717, 1.165) is 32.1 Å². The highest BCUT2D eigenvalue weighted by Gasteiger charge is 2.33. The molecule has 1 aliphatic rings. The van der Waals surface area contributed by atoms with Crippen molar-refractivity contribution in [2.75, 3.05) is 7.11 Å². The molecule has 0 amide bonds. The first-order valence-electron chi connectivity index (χ1n) is 13.6. The average molecular weight is 656 g/mol. The van der Waals surface area contributed by atoms with Crippen LogP contribution in [0.15, 0.2) is 121 Å². The molecule has 4 aromatic carbocycles. The van der Waals surface area contributed by atoms with E-state index in [-0.39, 0.29) is 5.56 Å². The third-order valence-corrected chi connectivity index (χ3v) is 9.93. The Morgan fingerprint density at radius 3 is 2.43 bits per heavy atom. The van der Waals surface area contributed by atoms with Gasteiger partial charge in [0.15, 0.2) is 4.80 Å². The first-order valence-corrected chi connectivity index (χ1v) is 16.1. The third-order valence-electron chi connectivity index (χ3n) is 7.28. The van der Waals surface area contributed by atoms with E-state index in [1.807, 2.05) is 55.5 Å². The van der Waals surface area contributed by atoms with Crippen LogP contribution in [0.1, 0.15) is 36.1 Å². The molecular weight excluding hydrogens is 628 g/mol. The lowest BCUT2D eigenvalue weighted by Crippen LogP contribution is -2.40. The second-order valence-electron chi connectivity index (χ2n) is 9.81. The van der Waals surface area contributed by atoms with Gasteiger partial charge in [0.25, 0.3) is 5.56 Å². The Hall–Kier alpha value is -3.72. The molecule has 0 saturated carbocycles. The largest absolute Gasteiger partial charge is 0.466 e. The Labute approximate surface area is 260 Å². The minimum Gasteiger partial charge on any atom is -0.466 e. The van der Waals surface area contributed by atoms with Gasteiger partial charge in [0.1, 0.15) is 0 Å². The number of thiazole rings is 1. The highest BCUT2D eigenvalue weighted by atomic mass is 79.9. The normalized spacial score (nSPS) is 15.0. The topological polar surface area (TPSA) is 60.7 Å². The van der Waals surface area contributed by atoms with E-state index < -0.39 is 12.0 Å². The minimum absolute atomic E-state index is 0.179. The number of carbonyl (C=O) groups is 1. The van der Waals surface area contributed by atoms with Gasteiger partial charge < -0.3 is 4.74 Å². The fourth-order valence-corrected chi connectivity index (χ4v) is 7.53. The van der Waals surface area contributed by atoms with Crippen LogP contribution in [0.4, 0.5) is 0 Å². The number of hydrogen-bond acceptors (Lipinski definition) is 6. The lowest BCUT2D eigenvalue weighted by molar-refractivity contribution is -0.136. The van der Waals surface area contributed by atoms with Gasteiger partial charge in [0.2, 0.25) is 0 Å². The summed E-state index contributed by atoms with van der Waals surface area (Å²) in [4.78, 5) is 33.6. The van der Waals surface area contributed by atoms with Crippen LogP contribution in [-0.2, 0) is 15.3 Å². The number of halogens is 1. The van der Waals surface area contributed by atoms with Crippen LogP contribution in [-0.4, -0.2) is 17.6 Å². The molecule has 0 fully saturated rings. The van der Waals surface area contributed by atoms with Crippen molar-refractivity contribution >= 4 is 61.8 Å². The van der Waals surface area contributed by atoms with Crippen molar-refractivity contribution < 1.29 is 9.53 Å². The molecule has 0 N–H and O–H groups in total. The van der Waals surface area contributed by atoms with Crippen molar-refractivity contribution in [3.63, 3.8) is 0 Å². The second-order valence-corrected chi connectivity index (χ2v) is 12.8. The number of aromatic nitrogens is 1. The second kappa shape index (κ2) is 12.3. The third kappa shape index (κ3) is 5.42. The molecule has 8 heteroatoms. The number of esters is 1. The Morgan fingerprint density at radius 1 is 1.00 bits per heavy atom. The molecule has 2 heterocycles. The quantitative estimate of drug-likeness (QED) is 0.140. The highest BCUT2D eigenvalue weighted by Crippen LogP contribution is 2.34. The lowest BCUT2D eigenvalue weighted by atomic mass is 9.95. The predicted octanol–water partition coefficient (Wildman–Crippen LogP) is 7.01. The zero-order valence-corrected chi connectivity index (χ0v) is 26.3. The molecule has 42 heavy (non-hydrogen) atoms. The van der Waals surface area contributed by atoms with E-state index >= 15 is 0 Å². The smallest absolute Gasteiger partial charge is 0.338 e. The Bertz CT molecular complexity index is 2010. The minimum atomic E-state index is -0.610. The summed E-state index contributed by atoms with van der Waals surface area (Å²) in [5.41, 5.74) is 3.92. The monoisotopic (exact) mass is 654 g/mol. The van der Waals surface area contributed by atoms with Gasteiger partial charge in [0, 0.05) is 15.1 Å². The summed E-state index contributed by atoms with van der Waals surface area (Å²) in [6, 6.07) is 29.9. The number of hydrogen-bond donors (Lipinski definition) is 0. The number of ether oxygens (including phenoxy) is 1. The maximum Gasteiger partial charge on any atom is 0.338 e. The van der Waals surface area contributed by atoms with Crippen LogP contribution in [0.3, 0.4) is 0 Å². The molecule has 0 radical (unpaired) electrons. The molecule has 0 bridgehead atoms. The molecule has 1 aromatic heterocycles. The van der Waals surface area contributed by atoms with Crippen LogP contribution >= 0.6 is 39.0 Å². The van der Waals surface area contributed by atoms with Gasteiger partial charge in [-0.3, -0.25) is 9.36 Å². The zero-order chi connectivity index (χ0) is 29.2. The number of benzene rings is 4. The summed E-state index contributed by atoms with van der Waals surface area (Å²) in [6.45, 7) is 1.96. The fourth-order valence-electron chi connectivity index (χ4n) is 5.24. The molecule has 1 aliphatic heterocycles. The predicted molar refractivity (Wildman–Crippen MR) is 174 cm³/mol. The number of thioether (sulfide) groups is 1. The summed E-state index contributed by atoms with van der Waals surface area (Å²) in [6.07, 6.45) is 2.49. The number of allylic oxidation sites excluding steroid dienone is 1. The Morgan fingerprint density at radius 2 is 1.71 bits per heavy atom. The number of carbonyl (C=O) groups excluding carboxylic acids is 1. The van der Waals surface area contributed by atoms with Crippen molar-refractivity contribution in [3.05, 3.63) is 143 Å². The van der Waals surface area contributed by atoms with Gasteiger partial charge in [0.05, 0.1) is 29.0 Å². The summed E-state index contributed by atoms with van der Waals surface area (Å²) >= 11 is 6.65. The average Bonchev–Trinajstić information content (AvgIpc) is 3.34. The fraction of sp³-hybridized carbons (Fsp3) is 0.147. The van der Waals surface area contributed by atoms with Crippen molar-refractivity contribution in [2.24, 2.45) is 4.99 Å². The Balaban J connectivity index is 1.46. The van der Waals surface area contributed by atoms with Crippen LogP contribution in [0.5, 0.6) is 0 Å². The lowest BCUT2D eigenvalue weighted by Gasteiger charge is -2.25. The molecule has 0 spiro atoms. The van der Waals surface area contributed by atoms with Gasteiger partial charge in [-0.15, -0.1) is 11.8 Å². The zero-order valence-electron chi connectivity index (χ0n) is 23.0. The van der Waals surface area contributed by atoms with Crippen LogP contribution < -0.4 is 14.9 Å². The van der Waals surface area contributed by atoms with Crippen molar-refractivity contribution in [2.45, 2.75) is 30.0 Å². The molecule has 210 valence electrons. The molecule has 6 rings (SSSR count). The van der Waals surface area contributed by atoms with Crippen LogP contribution in [0, 0.1) is 0 Å². The molecular formula is C34H27BrN2O3S2. The first-order chi connectivity index (χ1) is 20.5. The van der Waals surface area contributed by atoms with E-state index in [1.165, 1.54) is 28.9 Å². The maximum atomic E-state index is 14.0. The first kappa shape index (κ1) is 28.4. The maximum absolute atomic E-state index is 14.0. The van der Waals surface area contributed by atoms with Gasteiger partial charge in [-0.25, -0.2) is 9.79 Å². The molecule has 0 saturated heterocycles. The summed E-state index contributed by atoms with van der Waals surface area (Å²) in [7, 11) is 1.36. The van der Waals surface area contributed by atoms with Crippen molar-refractivity contribution in [1.82, 2.24) is 4.57 Å². The number of rotatable bonds is 7. The van der Waals surface area contributed by atoms with E-state index in [4.69, 9.17) is 9.73 Å². The highest BCUT2D eigenvalue weighted by molar-refractivity contribution is 9.10. The summed E-state index contributed by atoms with van der Waals surface area (Å²) < 4.78 is 8.44. The van der Waals surface area contributed by atoms with Crippen LogP contribution in [0.25, 0.3) is 16.8 Å². The van der Waals surface area contributed by atoms with Crippen molar-refractivity contribution in [1.29, 1.82) is 0 Å². The number of methoxy groups -OCH3 is 1. The SMILES string of the molecule is CCC1=C(C(=O)OC)[C@@H](c2ccccc2)n2c(s/c(=C\c3ccc(SCc4ccc(Br)cc4)c4ccccc34)c2=O)=N1. The molecule has 5 nitrogen and oxygen atoms in total. The molecule has 0 unspecified atom stereocenters. The number of fused-ring (bicyclic) bond motifs is 2. The van der Waals surface area contributed by atoms with Gasteiger partial charge in [-0.2, -0.15) is 0 Å². The molecule has 5 aromatic rings. The summed E-state index contributed by atoms with van der Waals surface area (Å²) in [5.74, 6) is 0.387. The van der Waals surface area contributed by atoms with Gasteiger partial charge in [-0.05, 0) is 58.2 Å². The molecule has 0 aliphatic carbocycles. The standard InChI is InChI=1S/C34H27BrN2O3S2/c1-3-27-30(33(39)40-2)31(22-9-5-4-6-10-22)37-32(38)29(42-34(37)36-27)19-23-15-18-28(26-12-8-7-11-25(23)26)41-20-21-13-16-24(35)17-14-21/h4-19,31H,3,20H2,1-2H3/b29-19-/t31-/m1/s1. The van der Waals surface area contributed by atoms with Crippen molar-refractivity contribution in [3.8, 4) is 0 Å². The molecule has 1 atom stereocenters. The summed E-state index contributed by atoms with van der Waals surface area (Å²) in [5, 5.41) is 2.22.